The Bertz CT molecular complexity index is 734. The lowest BCUT2D eigenvalue weighted by atomic mass is 10.3. The molecule has 1 atom stereocenters. The van der Waals surface area contributed by atoms with Crippen molar-refractivity contribution in [1.29, 1.82) is 0 Å². The quantitative estimate of drug-likeness (QED) is 0.630. The first-order valence-electron chi connectivity index (χ1n) is 6.91. The third-order valence-electron chi connectivity index (χ3n) is 3.03. The van der Waals surface area contributed by atoms with Gasteiger partial charge in [-0.1, -0.05) is 36.4 Å². The van der Waals surface area contributed by atoms with Crippen molar-refractivity contribution in [2.75, 3.05) is 6.54 Å². The van der Waals surface area contributed by atoms with Gasteiger partial charge < -0.3 is 5.11 Å². The van der Waals surface area contributed by atoms with E-state index in [1.54, 1.807) is 36.4 Å². The molecule has 1 aliphatic rings. The van der Waals surface area contributed by atoms with Crippen LogP contribution in [0.4, 0.5) is 16.2 Å². The molecule has 1 aliphatic heterocycles. The lowest BCUT2D eigenvalue weighted by Crippen LogP contribution is -2.40. The molecule has 1 saturated heterocycles. The molecule has 1 fully saturated rings. The highest BCUT2D eigenvalue weighted by Gasteiger charge is 2.49. The molecule has 0 aliphatic carbocycles. The average molecular weight is 310 g/mol. The van der Waals surface area contributed by atoms with Crippen molar-refractivity contribution in [3.05, 3.63) is 60.7 Å². The predicted octanol–water partition coefficient (Wildman–Crippen LogP) is 3.14. The van der Waals surface area contributed by atoms with Gasteiger partial charge in [0.25, 0.3) is 5.85 Å². The zero-order chi connectivity index (χ0) is 16.1. The molecule has 1 unspecified atom stereocenters. The normalized spacial score (nSPS) is 16.6. The summed E-state index contributed by atoms with van der Waals surface area (Å²) in [6.45, 7) is -0.239. The van der Waals surface area contributed by atoms with E-state index < -0.39 is 11.9 Å². The molecular formula is C15H14N6O2. The Labute approximate surface area is 132 Å². The van der Waals surface area contributed by atoms with Gasteiger partial charge in [-0.05, 0) is 24.3 Å². The van der Waals surface area contributed by atoms with E-state index in [1.807, 2.05) is 24.3 Å². The fourth-order valence-electron chi connectivity index (χ4n) is 1.81. The highest BCUT2D eigenvalue weighted by atomic mass is 16.4. The second kappa shape index (κ2) is 6.32. The number of aliphatic hydroxyl groups is 1. The first-order chi connectivity index (χ1) is 11.2. The van der Waals surface area contributed by atoms with E-state index in [9.17, 15) is 9.90 Å². The second-order valence-electron chi connectivity index (χ2n) is 4.80. The first kappa shape index (κ1) is 14.8. The van der Waals surface area contributed by atoms with Crippen LogP contribution in [0.2, 0.25) is 0 Å². The Morgan fingerprint density at radius 3 is 2.00 bits per heavy atom. The van der Waals surface area contributed by atoms with E-state index in [-0.39, 0.29) is 6.54 Å². The van der Waals surface area contributed by atoms with Gasteiger partial charge in [0.05, 0.1) is 11.4 Å². The van der Waals surface area contributed by atoms with Crippen LogP contribution in [0.5, 0.6) is 0 Å². The third kappa shape index (κ3) is 3.74. The van der Waals surface area contributed by atoms with Gasteiger partial charge in [-0.3, -0.25) is 0 Å². The van der Waals surface area contributed by atoms with Crippen LogP contribution in [-0.2, 0) is 0 Å². The number of rotatable bonds is 6. The van der Waals surface area contributed by atoms with Crippen LogP contribution in [0.3, 0.4) is 0 Å². The van der Waals surface area contributed by atoms with Crippen molar-refractivity contribution in [3.8, 4) is 0 Å². The van der Waals surface area contributed by atoms with E-state index in [0.29, 0.717) is 11.4 Å². The average Bonchev–Trinajstić information content (AvgIpc) is 3.33. The minimum atomic E-state index is -1.91. The summed E-state index contributed by atoms with van der Waals surface area (Å²) in [5.74, 6) is -1.91. The van der Waals surface area contributed by atoms with Gasteiger partial charge in [-0.25, -0.2) is 10.2 Å². The van der Waals surface area contributed by atoms with E-state index >= 15 is 0 Å². The lowest BCUT2D eigenvalue weighted by molar-refractivity contribution is -0.0403. The molecular weight excluding hydrogens is 296 g/mol. The third-order valence-corrected chi connectivity index (χ3v) is 3.03. The Morgan fingerprint density at radius 1 is 0.957 bits per heavy atom. The van der Waals surface area contributed by atoms with Crippen molar-refractivity contribution in [1.82, 2.24) is 10.4 Å². The molecule has 1 heterocycles. The topological polar surface area (TPSA) is 112 Å². The maximum atomic E-state index is 11.3. The number of amides is 2. The fraction of sp³-hybridized carbons (Fsp3) is 0.133. The molecule has 0 radical (unpaired) electrons. The van der Waals surface area contributed by atoms with Crippen molar-refractivity contribution < 1.29 is 9.90 Å². The van der Waals surface area contributed by atoms with Gasteiger partial charge >= 0.3 is 6.03 Å². The highest BCUT2D eigenvalue weighted by molar-refractivity contribution is 5.86. The monoisotopic (exact) mass is 310 g/mol. The van der Waals surface area contributed by atoms with Crippen LogP contribution < -0.4 is 5.43 Å². The number of nitrogens with one attached hydrogen (secondary N) is 1. The fourth-order valence-corrected chi connectivity index (χ4v) is 1.81. The Balaban J connectivity index is 1.73. The summed E-state index contributed by atoms with van der Waals surface area (Å²) < 4.78 is 0. The van der Waals surface area contributed by atoms with Crippen LogP contribution in [0, 0.1) is 0 Å². The summed E-state index contributed by atoms with van der Waals surface area (Å²) in [4.78, 5) is 11.3. The molecule has 0 bridgehead atoms. The van der Waals surface area contributed by atoms with Gasteiger partial charge in [0.1, 0.15) is 6.54 Å². The molecule has 8 nitrogen and oxygen atoms in total. The van der Waals surface area contributed by atoms with E-state index in [4.69, 9.17) is 0 Å². The summed E-state index contributed by atoms with van der Waals surface area (Å²) in [7, 11) is 0. The summed E-state index contributed by atoms with van der Waals surface area (Å²) in [6.07, 6.45) is 0. The van der Waals surface area contributed by atoms with Crippen molar-refractivity contribution in [2.24, 2.45) is 20.5 Å². The Kier molecular flexibility index (Phi) is 4.07. The zero-order valence-electron chi connectivity index (χ0n) is 12.1. The minimum absolute atomic E-state index is 0.239. The molecule has 8 heteroatoms. The smallest absolute Gasteiger partial charge is 0.349 e. The standard InChI is InChI=1S/C15H14N6O2/c22-14-19-21(14)15(23,20-18-13-9-5-2-6-10-13)11-16-17-12-7-3-1-4-8-12/h1-10,23H,11H2,(H,19,22). The van der Waals surface area contributed by atoms with Crippen molar-refractivity contribution in [3.63, 3.8) is 0 Å². The van der Waals surface area contributed by atoms with E-state index in [0.717, 1.165) is 5.01 Å². The molecule has 3 rings (SSSR count). The number of carbonyl (C=O) groups excluding carboxylic acids is 1. The largest absolute Gasteiger partial charge is 0.359 e. The molecule has 2 N–H and O–H groups in total. The van der Waals surface area contributed by atoms with Gasteiger partial charge in [0.2, 0.25) is 0 Å². The molecule has 2 amide bonds. The Morgan fingerprint density at radius 2 is 1.48 bits per heavy atom. The molecule has 116 valence electrons. The van der Waals surface area contributed by atoms with Crippen molar-refractivity contribution >= 4 is 17.4 Å². The SMILES string of the molecule is O=C1NN1C(O)(CN=Nc1ccccc1)N=Nc1ccccc1. The summed E-state index contributed by atoms with van der Waals surface area (Å²) in [5.41, 5.74) is 3.54. The summed E-state index contributed by atoms with van der Waals surface area (Å²) in [6, 6.07) is 17.5. The lowest BCUT2D eigenvalue weighted by Gasteiger charge is -2.17. The molecule has 0 aromatic heterocycles. The number of azo groups is 2. The number of hydrogen-bond acceptors (Lipinski definition) is 6. The predicted molar refractivity (Wildman–Crippen MR) is 82.1 cm³/mol. The molecule has 23 heavy (non-hydrogen) atoms. The number of urea groups is 1. The molecule has 2 aromatic rings. The molecule has 0 spiro atoms. The zero-order valence-corrected chi connectivity index (χ0v) is 12.1. The summed E-state index contributed by atoms with van der Waals surface area (Å²) >= 11 is 0. The van der Waals surface area contributed by atoms with Crippen LogP contribution in [0.15, 0.2) is 81.1 Å². The molecule has 0 saturated carbocycles. The highest BCUT2D eigenvalue weighted by Crippen LogP contribution is 2.24. The summed E-state index contributed by atoms with van der Waals surface area (Å²) in [5, 5.41) is 27.1. The number of benzene rings is 2. The van der Waals surface area contributed by atoms with E-state index in [1.165, 1.54) is 0 Å². The van der Waals surface area contributed by atoms with Gasteiger partial charge in [-0.2, -0.15) is 20.4 Å². The van der Waals surface area contributed by atoms with Gasteiger partial charge in [0, 0.05) is 0 Å². The maximum Gasteiger partial charge on any atom is 0.359 e. The van der Waals surface area contributed by atoms with E-state index in [2.05, 4.69) is 25.9 Å². The van der Waals surface area contributed by atoms with Crippen LogP contribution in [0.25, 0.3) is 0 Å². The Hall–Kier alpha value is -3.13. The number of hydrazine groups is 1. The maximum absolute atomic E-state index is 11.3. The second-order valence-corrected chi connectivity index (χ2v) is 4.80. The van der Waals surface area contributed by atoms with Gasteiger partial charge in [0.15, 0.2) is 0 Å². The van der Waals surface area contributed by atoms with Crippen LogP contribution in [0.1, 0.15) is 0 Å². The first-order valence-corrected chi connectivity index (χ1v) is 6.91. The number of hydrogen-bond donors (Lipinski definition) is 2. The number of carbonyl (C=O) groups is 1. The van der Waals surface area contributed by atoms with Crippen LogP contribution in [-0.4, -0.2) is 28.5 Å². The van der Waals surface area contributed by atoms with Gasteiger partial charge in [-0.15, -0.1) is 5.11 Å². The van der Waals surface area contributed by atoms with Crippen molar-refractivity contribution in [2.45, 2.75) is 5.85 Å². The molecule has 2 aromatic carbocycles. The number of nitrogens with zero attached hydrogens (tertiary/aromatic N) is 5. The minimum Gasteiger partial charge on any atom is -0.349 e. The van der Waals surface area contributed by atoms with Crippen LogP contribution >= 0.6 is 0 Å².